The van der Waals surface area contributed by atoms with E-state index in [0.717, 1.165) is 22.4 Å². The van der Waals surface area contributed by atoms with Gasteiger partial charge in [-0.15, -0.1) is 0 Å². The third-order valence-electron chi connectivity index (χ3n) is 4.11. The minimum Gasteiger partial charge on any atom is -0.346 e. The van der Waals surface area contributed by atoms with Gasteiger partial charge in [-0.3, -0.25) is 14.0 Å². The van der Waals surface area contributed by atoms with Gasteiger partial charge in [0.2, 0.25) is 0 Å². The molecule has 0 aliphatic heterocycles. The molecule has 1 unspecified atom stereocenters. The fraction of sp³-hybridized carbons (Fsp3) is 0.143. The Bertz CT molecular complexity index is 955. The lowest BCUT2D eigenvalue weighted by molar-refractivity contribution is 0.0950. The molecule has 3 rings (SSSR count). The number of amides is 1. The van der Waals surface area contributed by atoms with Crippen molar-refractivity contribution in [2.75, 3.05) is 6.26 Å². The minimum atomic E-state index is -1.12. The highest BCUT2D eigenvalue weighted by Crippen LogP contribution is 2.19. The summed E-state index contributed by atoms with van der Waals surface area (Å²) >= 11 is 0. The molecule has 1 heterocycles. The molecule has 5 heteroatoms. The van der Waals surface area contributed by atoms with Crippen molar-refractivity contribution in [1.29, 1.82) is 0 Å². The highest BCUT2D eigenvalue weighted by molar-refractivity contribution is 7.84. The zero-order valence-electron chi connectivity index (χ0n) is 14.7. The number of nitrogens with zero attached hydrogens (tertiary/aromatic N) is 1. The Morgan fingerprint density at radius 1 is 1.04 bits per heavy atom. The minimum absolute atomic E-state index is 0.205. The summed E-state index contributed by atoms with van der Waals surface area (Å²) in [6.45, 7) is 2.22. The molecular weight excluding hydrogens is 344 g/mol. The topological polar surface area (TPSA) is 59.1 Å². The predicted octanol–water partition coefficient (Wildman–Crippen LogP) is 3.72. The van der Waals surface area contributed by atoms with Crippen molar-refractivity contribution >= 4 is 16.7 Å². The Labute approximate surface area is 155 Å². The molecule has 0 fully saturated rings. The smallest absolute Gasteiger partial charge is 0.251 e. The van der Waals surface area contributed by atoms with Crippen LogP contribution in [0.5, 0.6) is 0 Å². The van der Waals surface area contributed by atoms with Gasteiger partial charge in [-0.25, -0.2) is 0 Å². The molecule has 1 amide bonds. The molecule has 1 aromatic heterocycles. The third-order valence-corrected chi connectivity index (χ3v) is 5.17. The van der Waals surface area contributed by atoms with Crippen LogP contribution in [-0.2, 0) is 17.3 Å². The molecule has 26 heavy (non-hydrogen) atoms. The van der Waals surface area contributed by atoms with Crippen LogP contribution in [-0.4, -0.2) is 21.4 Å². The molecule has 1 atom stereocenters. The number of benzene rings is 2. The van der Waals surface area contributed by atoms with E-state index in [1.54, 1.807) is 24.6 Å². The van der Waals surface area contributed by atoms with E-state index in [1.165, 1.54) is 0 Å². The molecule has 0 spiro atoms. The molecule has 0 aliphatic rings. The summed E-state index contributed by atoms with van der Waals surface area (Å²) in [6, 6.07) is 19.2. The molecule has 0 saturated carbocycles. The van der Waals surface area contributed by atoms with Crippen LogP contribution in [0.2, 0.25) is 0 Å². The summed E-state index contributed by atoms with van der Waals surface area (Å²) in [5, 5.41) is 2.88. The van der Waals surface area contributed by atoms with E-state index in [9.17, 15) is 9.00 Å². The van der Waals surface area contributed by atoms with E-state index in [0.29, 0.717) is 17.0 Å². The molecule has 132 valence electrons. The fourth-order valence-electron chi connectivity index (χ4n) is 2.71. The van der Waals surface area contributed by atoms with E-state index in [-0.39, 0.29) is 5.91 Å². The maximum Gasteiger partial charge on any atom is 0.251 e. The number of carbonyl (C=O) groups excluding carboxylic acids is 1. The lowest BCUT2D eigenvalue weighted by atomic mass is 10.1. The number of rotatable bonds is 5. The second-order valence-corrected chi connectivity index (χ2v) is 7.37. The van der Waals surface area contributed by atoms with E-state index in [1.807, 2.05) is 55.5 Å². The van der Waals surface area contributed by atoms with Gasteiger partial charge in [0.1, 0.15) is 0 Å². The summed E-state index contributed by atoms with van der Waals surface area (Å²) in [6.07, 6.45) is 3.36. The lowest BCUT2D eigenvalue weighted by Crippen LogP contribution is -2.23. The number of carbonyl (C=O) groups is 1. The van der Waals surface area contributed by atoms with Crippen molar-refractivity contribution in [3.8, 4) is 11.1 Å². The van der Waals surface area contributed by atoms with Gasteiger partial charge in [0.15, 0.2) is 0 Å². The molecule has 0 saturated heterocycles. The van der Waals surface area contributed by atoms with Gasteiger partial charge < -0.3 is 5.32 Å². The Kier molecular flexibility index (Phi) is 5.58. The number of pyridine rings is 1. The SMILES string of the molecule is Cc1ccc(C(=O)NCc2cc(-c3ccccc3)ccn2)cc1S(C)=O. The molecule has 4 nitrogen and oxygen atoms in total. The van der Waals surface area contributed by atoms with Crippen LogP contribution in [0, 0.1) is 6.92 Å². The largest absolute Gasteiger partial charge is 0.346 e. The first-order chi connectivity index (χ1) is 12.5. The summed E-state index contributed by atoms with van der Waals surface area (Å²) in [5.74, 6) is -0.205. The summed E-state index contributed by atoms with van der Waals surface area (Å²) in [4.78, 5) is 17.4. The fourth-order valence-corrected chi connectivity index (χ4v) is 3.52. The van der Waals surface area contributed by atoms with Crippen LogP contribution in [0.4, 0.5) is 0 Å². The third kappa shape index (κ3) is 4.24. The zero-order valence-corrected chi connectivity index (χ0v) is 15.5. The van der Waals surface area contributed by atoms with Crippen molar-refractivity contribution in [3.05, 3.63) is 83.7 Å². The molecule has 2 aromatic carbocycles. The number of hydrogen-bond acceptors (Lipinski definition) is 3. The average molecular weight is 364 g/mol. The summed E-state index contributed by atoms with van der Waals surface area (Å²) in [5.41, 5.74) is 4.37. The van der Waals surface area contributed by atoms with Gasteiger partial charge >= 0.3 is 0 Å². The van der Waals surface area contributed by atoms with Crippen LogP contribution in [0.3, 0.4) is 0 Å². The van der Waals surface area contributed by atoms with Crippen LogP contribution < -0.4 is 5.32 Å². The highest BCUT2D eigenvalue weighted by atomic mass is 32.2. The molecular formula is C21H20N2O2S. The van der Waals surface area contributed by atoms with Crippen molar-refractivity contribution in [2.45, 2.75) is 18.4 Å². The Morgan fingerprint density at radius 3 is 2.54 bits per heavy atom. The first kappa shape index (κ1) is 18.0. The van der Waals surface area contributed by atoms with E-state index >= 15 is 0 Å². The van der Waals surface area contributed by atoms with Gasteiger partial charge in [-0.05, 0) is 47.9 Å². The lowest BCUT2D eigenvalue weighted by Gasteiger charge is -2.09. The first-order valence-corrected chi connectivity index (χ1v) is 9.83. The molecule has 0 aliphatic carbocycles. The van der Waals surface area contributed by atoms with Crippen molar-refractivity contribution < 1.29 is 9.00 Å². The number of aromatic nitrogens is 1. The summed E-state index contributed by atoms with van der Waals surface area (Å²) < 4.78 is 11.8. The van der Waals surface area contributed by atoms with Crippen LogP contribution >= 0.6 is 0 Å². The Morgan fingerprint density at radius 2 is 1.81 bits per heavy atom. The Hall–Kier alpha value is -2.79. The van der Waals surface area contributed by atoms with Crippen LogP contribution in [0.25, 0.3) is 11.1 Å². The number of aryl methyl sites for hydroxylation is 1. The van der Waals surface area contributed by atoms with Crippen molar-refractivity contribution in [1.82, 2.24) is 10.3 Å². The van der Waals surface area contributed by atoms with Gasteiger partial charge in [0.05, 0.1) is 23.0 Å². The number of hydrogen-bond donors (Lipinski definition) is 1. The normalized spacial score (nSPS) is 11.8. The summed E-state index contributed by atoms with van der Waals surface area (Å²) in [7, 11) is -1.12. The van der Waals surface area contributed by atoms with E-state index < -0.39 is 10.8 Å². The van der Waals surface area contributed by atoms with Crippen LogP contribution in [0.15, 0.2) is 71.8 Å². The van der Waals surface area contributed by atoms with E-state index in [4.69, 9.17) is 0 Å². The zero-order chi connectivity index (χ0) is 18.5. The monoisotopic (exact) mass is 364 g/mol. The molecule has 0 radical (unpaired) electrons. The van der Waals surface area contributed by atoms with Crippen molar-refractivity contribution in [2.24, 2.45) is 0 Å². The predicted molar refractivity (Wildman–Crippen MR) is 104 cm³/mol. The quantitative estimate of drug-likeness (QED) is 0.750. The highest BCUT2D eigenvalue weighted by Gasteiger charge is 2.10. The first-order valence-electron chi connectivity index (χ1n) is 8.27. The maximum absolute atomic E-state index is 12.4. The van der Waals surface area contributed by atoms with Crippen molar-refractivity contribution in [3.63, 3.8) is 0 Å². The van der Waals surface area contributed by atoms with Gasteiger partial charge in [0.25, 0.3) is 5.91 Å². The molecule has 1 N–H and O–H groups in total. The van der Waals surface area contributed by atoms with Gasteiger partial charge in [-0.1, -0.05) is 36.4 Å². The molecule has 0 bridgehead atoms. The standard InChI is InChI=1S/C21H20N2O2S/c1-15-8-9-18(13-20(15)26(2)25)21(24)23-14-19-12-17(10-11-22-19)16-6-4-3-5-7-16/h3-13H,14H2,1-2H3,(H,23,24). The second kappa shape index (κ2) is 8.06. The van der Waals surface area contributed by atoms with Gasteiger partial charge in [0, 0.05) is 22.9 Å². The van der Waals surface area contributed by atoms with Gasteiger partial charge in [-0.2, -0.15) is 0 Å². The van der Waals surface area contributed by atoms with Crippen LogP contribution in [0.1, 0.15) is 21.6 Å². The number of nitrogens with one attached hydrogen (secondary N) is 1. The Balaban J connectivity index is 1.72. The van der Waals surface area contributed by atoms with E-state index in [2.05, 4.69) is 10.3 Å². The molecule has 3 aromatic rings. The maximum atomic E-state index is 12.4. The second-order valence-electron chi connectivity index (χ2n) is 6.02. The average Bonchev–Trinajstić information content (AvgIpc) is 2.67.